The Hall–Kier alpha value is -3.37. The van der Waals surface area contributed by atoms with Crippen molar-refractivity contribution in [3.05, 3.63) is 121 Å². The summed E-state index contributed by atoms with van der Waals surface area (Å²) in [5.41, 5.74) is 5.31. The third kappa shape index (κ3) is 5.35. The van der Waals surface area contributed by atoms with Gasteiger partial charge in [0.05, 0.1) is 0 Å². The van der Waals surface area contributed by atoms with Crippen LogP contribution in [0, 0.1) is 0 Å². The molecule has 0 N–H and O–H groups in total. The number of carbonyl (C=O) groups is 1. The van der Waals surface area contributed by atoms with Crippen molar-refractivity contribution in [2.75, 3.05) is 39.3 Å². The molecule has 0 bridgehead atoms. The number of amides is 1. The van der Waals surface area contributed by atoms with Crippen molar-refractivity contribution in [3.63, 3.8) is 0 Å². The summed E-state index contributed by atoms with van der Waals surface area (Å²) in [5, 5.41) is 0. The molecule has 4 rings (SSSR count). The highest BCUT2D eigenvalue weighted by molar-refractivity contribution is 5.94. The monoisotopic (exact) mass is 439 g/mol. The average Bonchev–Trinajstić information content (AvgIpc) is 2.82. The fourth-order valence-corrected chi connectivity index (χ4v) is 4.57. The lowest BCUT2D eigenvalue weighted by Crippen LogP contribution is -2.62. The summed E-state index contributed by atoms with van der Waals surface area (Å²) in [4.78, 5) is 19.8. The van der Waals surface area contributed by atoms with E-state index in [4.69, 9.17) is 0 Å². The van der Waals surface area contributed by atoms with Crippen LogP contribution >= 0.6 is 0 Å². The Kier molecular flexibility index (Phi) is 7.26. The number of rotatable bonds is 8. The predicted octanol–water partition coefficient (Wildman–Crippen LogP) is 4.53. The van der Waals surface area contributed by atoms with Crippen molar-refractivity contribution in [1.29, 1.82) is 0 Å². The van der Waals surface area contributed by atoms with Crippen molar-refractivity contribution in [1.82, 2.24) is 14.7 Å². The minimum Gasteiger partial charge on any atom is -0.368 e. The molecular weight excluding hydrogens is 406 g/mol. The molecule has 0 radical (unpaired) electrons. The molecule has 2 saturated heterocycles. The van der Waals surface area contributed by atoms with Gasteiger partial charge < -0.3 is 9.80 Å². The third-order valence-electron chi connectivity index (χ3n) is 6.66. The first-order valence-electron chi connectivity index (χ1n) is 11.6. The average molecular weight is 440 g/mol. The van der Waals surface area contributed by atoms with Gasteiger partial charge >= 0.3 is 0 Å². The molecule has 2 heterocycles. The zero-order valence-electron chi connectivity index (χ0n) is 19.3. The number of allylic oxidation sites excluding steroid dienone is 3. The first-order valence-corrected chi connectivity index (χ1v) is 11.6. The fourth-order valence-electron chi connectivity index (χ4n) is 4.57. The molecule has 0 spiro atoms. The molecule has 0 aromatic heterocycles. The second-order valence-corrected chi connectivity index (χ2v) is 8.75. The predicted molar refractivity (Wildman–Crippen MR) is 136 cm³/mol. The number of piperazine rings is 1. The number of hydrogen-bond acceptors (Lipinski definition) is 3. The van der Waals surface area contributed by atoms with Gasteiger partial charge in [0.2, 0.25) is 0 Å². The summed E-state index contributed by atoms with van der Waals surface area (Å²) in [6, 6.07) is 19.0. The first-order chi connectivity index (χ1) is 16.1. The molecule has 170 valence electrons. The van der Waals surface area contributed by atoms with Gasteiger partial charge in [-0.15, -0.1) is 0 Å². The molecule has 1 amide bonds. The van der Waals surface area contributed by atoms with Gasteiger partial charge in [-0.2, -0.15) is 0 Å². The zero-order chi connectivity index (χ0) is 23.2. The van der Waals surface area contributed by atoms with Crippen molar-refractivity contribution < 1.29 is 4.79 Å². The lowest BCUT2D eigenvalue weighted by molar-refractivity contribution is 0.0215. The lowest BCUT2D eigenvalue weighted by Gasteiger charge is -2.49. The Morgan fingerprint density at radius 2 is 1.52 bits per heavy atom. The third-order valence-corrected chi connectivity index (χ3v) is 6.66. The zero-order valence-corrected chi connectivity index (χ0v) is 19.3. The molecule has 0 saturated carbocycles. The fraction of sp³-hybridized carbons (Fsp3) is 0.276. The normalized spacial score (nSPS) is 17.4. The van der Waals surface area contributed by atoms with Crippen LogP contribution in [0.25, 0.3) is 0 Å². The van der Waals surface area contributed by atoms with Crippen LogP contribution in [0.5, 0.6) is 0 Å². The number of likely N-dealkylation sites (tertiary alicyclic amines) is 1. The van der Waals surface area contributed by atoms with Crippen molar-refractivity contribution >= 4 is 5.91 Å². The highest BCUT2D eigenvalue weighted by Gasteiger charge is 2.35. The summed E-state index contributed by atoms with van der Waals surface area (Å²) in [7, 11) is 0. The van der Waals surface area contributed by atoms with Crippen molar-refractivity contribution in [2.24, 2.45) is 0 Å². The van der Waals surface area contributed by atoms with E-state index < -0.39 is 0 Å². The Balaban J connectivity index is 1.25. The van der Waals surface area contributed by atoms with Crippen molar-refractivity contribution in [2.45, 2.75) is 12.5 Å². The van der Waals surface area contributed by atoms with Crippen LogP contribution in [-0.2, 0) is 6.42 Å². The van der Waals surface area contributed by atoms with Crippen LogP contribution in [0.3, 0.4) is 0 Å². The topological polar surface area (TPSA) is 26.8 Å². The molecule has 33 heavy (non-hydrogen) atoms. The van der Waals surface area contributed by atoms with E-state index in [1.54, 1.807) is 6.08 Å². The maximum absolute atomic E-state index is 13.0. The number of benzene rings is 2. The van der Waals surface area contributed by atoms with Gasteiger partial charge in [0.15, 0.2) is 0 Å². The van der Waals surface area contributed by atoms with E-state index in [1.807, 2.05) is 35.3 Å². The van der Waals surface area contributed by atoms with E-state index in [9.17, 15) is 4.79 Å². The van der Waals surface area contributed by atoms with Gasteiger partial charge in [-0.3, -0.25) is 9.69 Å². The molecule has 2 aliphatic heterocycles. The molecule has 0 unspecified atom stereocenters. The molecule has 0 aliphatic carbocycles. The highest BCUT2D eigenvalue weighted by atomic mass is 16.2. The van der Waals surface area contributed by atoms with Crippen molar-refractivity contribution in [3.8, 4) is 0 Å². The molecule has 2 fully saturated rings. The van der Waals surface area contributed by atoms with E-state index in [0.29, 0.717) is 6.04 Å². The van der Waals surface area contributed by atoms with Crippen LogP contribution in [0.2, 0.25) is 0 Å². The van der Waals surface area contributed by atoms with Gasteiger partial charge in [-0.25, -0.2) is 0 Å². The summed E-state index contributed by atoms with van der Waals surface area (Å²) in [6.07, 6.45) is 6.43. The molecule has 4 nitrogen and oxygen atoms in total. The van der Waals surface area contributed by atoms with E-state index in [1.165, 1.54) is 11.1 Å². The molecule has 4 heteroatoms. The SMILES string of the molecule is C=C/C=C(\C=C)C(=C)N1CC(N2CCN(C(=O)c3ccc(Cc4ccccc4)cc3)CC2)C1. The van der Waals surface area contributed by atoms with E-state index >= 15 is 0 Å². The Morgan fingerprint density at radius 1 is 0.879 bits per heavy atom. The second-order valence-electron chi connectivity index (χ2n) is 8.75. The summed E-state index contributed by atoms with van der Waals surface area (Å²) >= 11 is 0. The maximum Gasteiger partial charge on any atom is 0.253 e. The molecule has 2 aromatic rings. The van der Waals surface area contributed by atoms with E-state index in [-0.39, 0.29) is 5.91 Å². The Bertz CT molecular complexity index is 1020. The second kappa shape index (κ2) is 10.5. The summed E-state index contributed by atoms with van der Waals surface area (Å²) in [6.45, 7) is 17.2. The largest absolute Gasteiger partial charge is 0.368 e. The van der Waals surface area contributed by atoms with E-state index in [0.717, 1.165) is 62.5 Å². The lowest BCUT2D eigenvalue weighted by atomic mass is 10.0. The molecule has 0 atom stereocenters. The smallest absolute Gasteiger partial charge is 0.253 e. The molecular formula is C29H33N3O. The highest BCUT2D eigenvalue weighted by Crippen LogP contribution is 2.25. The maximum atomic E-state index is 13.0. The summed E-state index contributed by atoms with van der Waals surface area (Å²) < 4.78 is 0. The van der Waals surface area contributed by atoms with E-state index in [2.05, 4.69) is 65.9 Å². The molecule has 2 aromatic carbocycles. The van der Waals surface area contributed by atoms with Crippen LogP contribution in [0.15, 0.2) is 104 Å². The van der Waals surface area contributed by atoms with Gasteiger partial charge in [0.1, 0.15) is 0 Å². The van der Waals surface area contributed by atoms with Gasteiger partial charge in [-0.05, 0) is 35.3 Å². The summed E-state index contributed by atoms with van der Waals surface area (Å²) in [5.74, 6) is 0.134. The van der Waals surface area contributed by atoms with Gasteiger partial charge in [-0.1, -0.05) is 80.4 Å². The number of carbonyl (C=O) groups excluding carboxylic acids is 1. The minimum absolute atomic E-state index is 0.134. The Labute approximate surface area is 197 Å². The van der Waals surface area contributed by atoms with Gasteiger partial charge in [0.25, 0.3) is 5.91 Å². The van der Waals surface area contributed by atoms with Crippen LogP contribution in [0.1, 0.15) is 21.5 Å². The number of hydrogen-bond donors (Lipinski definition) is 0. The van der Waals surface area contributed by atoms with Gasteiger partial charge in [0, 0.05) is 56.6 Å². The quantitative estimate of drug-likeness (QED) is 0.566. The Morgan fingerprint density at radius 3 is 2.12 bits per heavy atom. The minimum atomic E-state index is 0.134. The van der Waals surface area contributed by atoms with Crippen LogP contribution in [0.4, 0.5) is 0 Å². The van der Waals surface area contributed by atoms with Crippen LogP contribution < -0.4 is 0 Å². The first kappa shape index (κ1) is 22.8. The standard InChI is InChI=1S/C29H33N3O/c1-4-9-26(5-2)23(3)32-21-28(22-32)30-16-18-31(19-17-30)29(33)27-14-12-25(13-15-27)20-24-10-7-6-8-11-24/h4-15,28H,1-3,16-22H2/b26-9+. The van der Waals surface area contributed by atoms with Crippen LogP contribution in [-0.4, -0.2) is 65.9 Å². The molecule has 2 aliphatic rings. The number of nitrogens with zero attached hydrogens (tertiary/aromatic N) is 3.